The van der Waals surface area contributed by atoms with Crippen molar-refractivity contribution in [3.05, 3.63) is 21.6 Å². The molecule has 1 aromatic rings. The predicted octanol–water partition coefficient (Wildman–Crippen LogP) is 0.848. The van der Waals surface area contributed by atoms with Crippen LogP contribution in [-0.2, 0) is 13.0 Å². The van der Waals surface area contributed by atoms with Crippen molar-refractivity contribution in [2.45, 2.75) is 39.2 Å². The SMILES string of the molecule is CCCNC(=O)N1CCc2nc(N3CCCC3)[nH]c(=O)c2C1. The van der Waals surface area contributed by atoms with E-state index in [4.69, 9.17) is 0 Å². The smallest absolute Gasteiger partial charge is 0.317 e. The van der Waals surface area contributed by atoms with Crippen molar-refractivity contribution in [1.82, 2.24) is 20.2 Å². The Bertz CT molecular complexity index is 606. The van der Waals surface area contributed by atoms with E-state index in [0.717, 1.165) is 38.0 Å². The molecule has 2 amide bonds. The summed E-state index contributed by atoms with van der Waals surface area (Å²) in [6.07, 6.45) is 3.83. The summed E-state index contributed by atoms with van der Waals surface area (Å²) in [4.78, 5) is 35.7. The van der Waals surface area contributed by atoms with Crippen LogP contribution >= 0.6 is 0 Å². The van der Waals surface area contributed by atoms with Crippen LogP contribution in [0.2, 0.25) is 0 Å². The quantitative estimate of drug-likeness (QED) is 0.867. The third-order valence-electron chi connectivity index (χ3n) is 4.28. The topological polar surface area (TPSA) is 81.3 Å². The van der Waals surface area contributed by atoms with Gasteiger partial charge in [0.2, 0.25) is 5.95 Å². The minimum atomic E-state index is -0.111. The largest absolute Gasteiger partial charge is 0.342 e. The van der Waals surface area contributed by atoms with Crippen molar-refractivity contribution < 1.29 is 4.79 Å². The van der Waals surface area contributed by atoms with Crippen LogP contribution in [0.15, 0.2) is 4.79 Å². The maximum atomic E-state index is 12.3. The fourth-order valence-electron chi connectivity index (χ4n) is 3.01. The number of carbonyl (C=O) groups is 1. The summed E-state index contributed by atoms with van der Waals surface area (Å²) in [7, 11) is 0. The Kier molecular flexibility index (Phi) is 4.31. The standard InChI is InChI=1S/C15H23N5O2/c1-2-6-16-15(22)20-9-5-12-11(10-20)13(21)18-14(17-12)19-7-3-4-8-19/h2-10H2,1H3,(H,16,22)(H,17,18,21). The molecular formula is C15H23N5O2. The molecular weight excluding hydrogens is 282 g/mol. The Balaban J connectivity index is 1.77. The second kappa shape index (κ2) is 6.37. The molecule has 120 valence electrons. The second-order valence-electron chi connectivity index (χ2n) is 5.91. The van der Waals surface area contributed by atoms with E-state index in [1.807, 2.05) is 6.92 Å². The lowest BCUT2D eigenvalue weighted by Gasteiger charge is -2.28. The normalized spacial score (nSPS) is 17.5. The van der Waals surface area contributed by atoms with Gasteiger partial charge < -0.3 is 15.1 Å². The zero-order chi connectivity index (χ0) is 15.5. The van der Waals surface area contributed by atoms with E-state index < -0.39 is 0 Å². The first kappa shape index (κ1) is 14.9. The molecule has 0 radical (unpaired) electrons. The van der Waals surface area contributed by atoms with Crippen LogP contribution in [0.1, 0.15) is 37.4 Å². The van der Waals surface area contributed by atoms with Crippen LogP contribution in [0.3, 0.4) is 0 Å². The maximum absolute atomic E-state index is 12.3. The third-order valence-corrected chi connectivity index (χ3v) is 4.28. The van der Waals surface area contributed by atoms with E-state index >= 15 is 0 Å². The molecule has 0 bridgehead atoms. The van der Waals surface area contributed by atoms with Crippen LogP contribution in [0.4, 0.5) is 10.7 Å². The highest BCUT2D eigenvalue weighted by Crippen LogP contribution is 2.19. The van der Waals surface area contributed by atoms with Crippen molar-refractivity contribution in [2.75, 3.05) is 31.1 Å². The van der Waals surface area contributed by atoms with Crippen molar-refractivity contribution in [1.29, 1.82) is 0 Å². The number of rotatable bonds is 3. The minimum Gasteiger partial charge on any atom is -0.342 e. The monoisotopic (exact) mass is 305 g/mol. The van der Waals surface area contributed by atoms with Gasteiger partial charge in [0.1, 0.15) is 0 Å². The van der Waals surface area contributed by atoms with Gasteiger partial charge in [0, 0.05) is 32.6 Å². The summed E-state index contributed by atoms with van der Waals surface area (Å²) >= 11 is 0. The van der Waals surface area contributed by atoms with Gasteiger partial charge in [0.05, 0.1) is 17.8 Å². The number of nitrogens with zero attached hydrogens (tertiary/aromatic N) is 3. The van der Waals surface area contributed by atoms with E-state index in [0.29, 0.717) is 37.6 Å². The van der Waals surface area contributed by atoms with Crippen LogP contribution < -0.4 is 15.8 Å². The first-order valence-corrected chi connectivity index (χ1v) is 8.09. The molecule has 7 heteroatoms. The molecule has 0 aromatic carbocycles. The number of carbonyl (C=O) groups excluding carboxylic acids is 1. The number of aromatic amines is 1. The van der Waals surface area contributed by atoms with Gasteiger partial charge in [-0.2, -0.15) is 0 Å². The number of anilines is 1. The first-order chi connectivity index (χ1) is 10.7. The van der Waals surface area contributed by atoms with Gasteiger partial charge in [-0.05, 0) is 19.3 Å². The Hall–Kier alpha value is -2.05. The highest BCUT2D eigenvalue weighted by molar-refractivity contribution is 5.74. The van der Waals surface area contributed by atoms with E-state index in [-0.39, 0.29) is 11.6 Å². The fraction of sp³-hybridized carbons (Fsp3) is 0.667. The first-order valence-electron chi connectivity index (χ1n) is 8.09. The zero-order valence-electron chi connectivity index (χ0n) is 13.0. The summed E-state index contributed by atoms with van der Waals surface area (Å²) in [6, 6.07) is -0.101. The van der Waals surface area contributed by atoms with Gasteiger partial charge >= 0.3 is 6.03 Å². The number of nitrogens with one attached hydrogen (secondary N) is 2. The molecule has 0 spiro atoms. The molecule has 3 rings (SSSR count). The molecule has 0 saturated carbocycles. The summed E-state index contributed by atoms with van der Waals surface area (Å²) < 4.78 is 0. The predicted molar refractivity (Wildman–Crippen MR) is 84.1 cm³/mol. The molecule has 0 unspecified atom stereocenters. The van der Waals surface area contributed by atoms with Gasteiger partial charge in [-0.3, -0.25) is 9.78 Å². The molecule has 1 saturated heterocycles. The van der Waals surface area contributed by atoms with Crippen LogP contribution in [0.25, 0.3) is 0 Å². The van der Waals surface area contributed by atoms with E-state index in [1.54, 1.807) is 4.90 Å². The second-order valence-corrected chi connectivity index (χ2v) is 5.91. The Morgan fingerprint density at radius 3 is 2.82 bits per heavy atom. The molecule has 1 fully saturated rings. The molecule has 2 aliphatic heterocycles. The highest BCUT2D eigenvalue weighted by atomic mass is 16.2. The number of hydrogen-bond acceptors (Lipinski definition) is 4. The fourth-order valence-corrected chi connectivity index (χ4v) is 3.01. The average Bonchev–Trinajstić information content (AvgIpc) is 3.06. The number of hydrogen-bond donors (Lipinski definition) is 2. The Morgan fingerprint density at radius 2 is 2.09 bits per heavy atom. The number of aromatic nitrogens is 2. The number of urea groups is 1. The molecule has 0 atom stereocenters. The van der Waals surface area contributed by atoms with Gasteiger partial charge in [-0.15, -0.1) is 0 Å². The molecule has 1 aromatic heterocycles. The molecule has 7 nitrogen and oxygen atoms in total. The van der Waals surface area contributed by atoms with Gasteiger partial charge in [0.25, 0.3) is 5.56 Å². The summed E-state index contributed by atoms with van der Waals surface area (Å²) in [6.45, 7) is 5.53. The van der Waals surface area contributed by atoms with Crippen molar-refractivity contribution >= 4 is 12.0 Å². The zero-order valence-corrected chi connectivity index (χ0v) is 13.0. The van der Waals surface area contributed by atoms with Crippen molar-refractivity contribution in [3.63, 3.8) is 0 Å². The van der Waals surface area contributed by atoms with E-state index in [2.05, 4.69) is 20.2 Å². The molecule has 3 heterocycles. The van der Waals surface area contributed by atoms with Gasteiger partial charge in [-0.1, -0.05) is 6.92 Å². The Morgan fingerprint density at radius 1 is 1.32 bits per heavy atom. The number of fused-ring (bicyclic) bond motifs is 1. The lowest BCUT2D eigenvalue weighted by molar-refractivity contribution is 0.191. The number of amides is 2. The van der Waals surface area contributed by atoms with Crippen LogP contribution in [-0.4, -0.2) is 47.1 Å². The van der Waals surface area contributed by atoms with Gasteiger partial charge in [0.15, 0.2) is 0 Å². The average molecular weight is 305 g/mol. The molecule has 0 aliphatic carbocycles. The van der Waals surface area contributed by atoms with Crippen LogP contribution in [0.5, 0.6) is 0 Å². The molecule has 2 N–H and O–H groups in total. The summed E-state index contributed by atoms with van der Waals surface area (Å²) in [5.74, 6) is 0.685. The maximum Gasteiger partial charge on any atom is 0.317 e. The summed E-state index contributed by atoms with van der Waals surface area (Å²) in [5, 5.41) is 2.85. The van der Waals surface area contributed by atoms with Crippen molar-refractivity contribution in [2.24, 2.45) is 0 Å². The van der Waals surface area contributed by atoms with Crippen LogP contribution in [0, 0.1) is 0 Å². The number of H-pyrrole nitrogens is 1. The lowest BCUT2D eigenvalue weighted by atomic mass is 10.1. The van der Waals surface area contributed by atoms with Gasteiger partial charge in [-0.25, -0.2) is 9.78 Å². The summed E-state index contributed by atoms with van der Waals surface area (Å²) in [5.41, 5.74) is 1.35. The Labute approximate surface area is 129 Å². The van der Waals surface area contributed by atoms with Crippen molar-refractivity contribution in [3.8, 4) is 0 Å². The lowest BCUT2D eigenvalue weighted by Crippen LogP contribution is -2.45. The van der Waals surface area contributed by atoms with E-state index in [9.17, 15) is 9.59 Å². The molecule has 2 aliphatic rings. The third kappa shape index (κ3) is 2.93. The highest BCUT2D eigenvalue weighted by Gasteiger charge is 2.25. The van der Waals surface area contributed by atoms with E-state index in [1.165, 1.54) is 0 Å². The molecule has 22 heavy (non-hydrogen) atoms. The minimum absolute atomic E-state index is 0.101.